The van der Waals surface area contributed by atoms with Crippen LogP contribution in [0, 0.1) is 16.0 Å². The van der Waals surface area contributed by atoms with Crippen LogP contribution in [0.1, 0.15) is 18.1 Å². The zero-order valence-corrected chi connectivity index (χ0v) is 12.9. The number of nitro groups is 1. The highest BCUT2D eigenvalue weighted by atomic mass is 79.9. The Morgan fingerprint density at radius 1 is 1.38 bits per heavy atom. The Morgan fingerprint density at radius 2 is 2.10 bits per heavy atom. The molecule has 0 radical (unpaired) electrons. The molecule has 3 rings (SSSR count). The number of hydrogen-bond donors (Lipinski definition) is 0. The Kier molecular flexibility index (Phi) is 3.95. The van der Waals surface area contributed by atoms with Gasteiger partial charge in [-0.2, -0.15) is 0 Å². The molecule has 1 saturated carbocycles. The summed E-state index contributed by atoms with van der Waals surface area (Å²) < 4.78 is 6.70. The van der Waals surface area contributed by atoms with Crippen LogP contribution in [0.5, 0.6) is 0 Å². The minimum absolute atomic E-state index is 0.109. The molecule has 0 unspecified atom stereocenters. The summed E-state index contributed by atoms with van der Waals surface area (Å²) >= 11 is 3.38. The van der Waals surface area contributed by atoms with E-state index in [0.717, 1.165) is 10.0 Å². The average Bonchev–Trinajstić information content (AvgIpc) is 3.28. The molecule has 1 saturated heterocycles. The van der Waals surface area contributed by atoms with Gasteiger partial charge < -0.3 is 9.64 Å². The van der Waals surface area contributed by atoms with Crippen LogP contribution in [0.3, 0.4) is 0 Å². The first-order valence-corrected chi connectivity index (χ1v) is 7.65. The standard InChI is InChI=1S/C14H15BrN2O4/c15-10-3-1-9(2-4-10)13-8-16(5-6-21-13)14(18)11-7-12(11)17(19)20/h1-4,11-13H,5-8H2/t11-,12+,13+/m1/s1. The van der Waals surface area contributed by atoms with Crippen molar-refractivity contribution in [2.75, 3.05) is 19.7 Å². The molecule has 2 aliphatic rings. The van der Waals surface area contributed by atoms with Gasteiger partial charge in [0, 0.05) is 22.4 Å². The number of amides is 1. The second-order valence-electron chi connectivity index (χ2n) is 5.39. The maximum Gasteiger partial charge on any atom is 0.233 e. The number of morpholine rings is 1. The van der Waals surface area contributed by atoms with Gasteiger partial charge >= 0.3 is 0 Å². The predicted octanol–water partition coefficient (Wildman–Crippen LogP) is 2.01. The molecule has 6 nitrogen and oxygen atoms in total. The summed E-state index contributed by atoms with van der Waals surface area (Å²) in [4.78, 5) is 24.3. The normalized spacial score (nSPS) is 28.2. The molecular formula is C14H15BrN2O4. The first-order valence-electron chi connectivity index (χ1n) is 6.85. The third kappa shape index (κ3) is 3.08. The van der Waals surface area contributed by atoms with Gasteiger partial charge in [-0.1, -0.05) is 28.1 Å². The second kappa shape index (κ2) is 5.73. The number of nitrogens with zero attached hydrogens (tertiary/aromatic N) is 2. The fourth-order valence-corrected chi connectivity index (χ4v) is 2.91. The maximum atomic E-state index is 12.3. The van der Waals surface area contributed by atoms with Crippen LogP contribution < -0.4 is 0 Å². The smallest absolute Gasteiger partial charge is 0.233 e. The summed E-state index contributed by atoms with van der Waals surface area (Å²) in [7, 11) is 0. The molecule has 1 aromatic carbocycles. The summed E-state index contributed by atoms with van der Waals surface area (Å²) in [5.41, 5.74) is 1.01. The highest BCUT2D eigenvalue weighted by molar-refractivity contribution is 9.10. The molecule has 1 aliphatic heterocycles. The van der Waals surface area contributed by atoms with Crippen LogP contribution in [-0.2, 0) is 9.53 Å². The third-order valence-corrected chi connectivity index (χ3v) is 4.49. The molecule has 2 fully saturated rings. The fourth-order valence-electron chi connectivity index (χ4n) is 2.64. The lowest BCUT2D eigenvalue weighted by Gasteiger charge is -2.33. The monoisotopic (exact) mass is 354 g/mol. The Morgan fingerprint density at radius 3 is 2.71 bits per heavy atom. The fraction of sp³-hybridized carbons (Fsp3) is 0.500. The van der Waals surface area contributed by atoms with Crippen molar-refractivity contribution in [1.29, 1.82) is 0 Å². The lowest BCUT2D eigenvalue weighted by molar-refractivity contribution is -0.497. The number of hydrogen-bond acceptors (Lipinski definition) is 4. The van der Waals surface area contributed by atoms with Gasteiger partial charge in [-0.05, 0) is 17.7 Å². The number of ether oxygens (including phenoxy) is 1. The molecule has 0 N–H and O–H groups in total. The summed E-state index contributed by atoms with van der Waals surface area (Å²) in [6.45, 7) is 1.43. The molecule has 1 amide bonds. The van der Waals surface area contributed by atoms with Crippen LogP contribution in [0.15, 0.2) is 28.7 Å². The van der Waals surface area contributed by atoms with Gasteiger partial charge in [0.1, 0.15) is 12.0 Å². The molecule has 1 heterocycles. The Balaban J connectivity index is 1.65. The molecule has 1 aliphatic carbocycles. The van der Waals surface area contributed by atoms with E-state index in [-0.39, 0.29) is 16.9 Å². The minimum Gasteiger partial charge on any atom is -0.370 e. The Hall–Kier alpha value is -1.47. The van der Waals surface area contributed by atoms with Crippen molar-refractivity contribution in [2.45, 2.75) is 18.6 Å². The van der Waals surface area contributed by atoms with Crippen molar-refractivity contribution in [2.24, 2.45) is 5.92 Å². The molecule has 21 heavy (non-hydrogen) atoms. The lowest BCUT2D eigenvalue weighted by atomic mass is 10.1. The lowest BCUT2D eigenvalue weighted by Crippen LogP contribution is -2.43. The molecule has 0 aromatic heterocycles. The van der Waals surface area contributed by atoms with Gasteiger partial charge in [-0.15, -0.1) is 0 Å². The molecule has 112 valence electrons. The van der Waals surface area contributed by atoms with Gasteiger partial charge in [0.2, 0.25) is 11.9 Å². The predicted molar refractivity (Wildman–Crippen MR) is 78.3 cm³/mol. The van der Waals surface area contributed by atoms with Gasteiger partial charge in [-0.25, -0.2) is 0 Å². The first-order chi connectivity index (χ1) is 10.1. The van der Waals surface area contributed by atoms with Crippen LogP contribution >= 0.6 is 15.9 Å². The molecule has 1 aromatic rings. The molecule has 7 heteroatoms. The van der Waals surface area contributed by atoms with Crippen LogP contribution in [0.2, 0.25) is 0 Å². The van der Waals surface area contributed by atoms with Crippen LogP contribution in [0.4, 0.5) is 0 Å². The topological polar surface area (TPSA) is 72.7 Å². The Bertz CT molecular complexity index is 563. The van der Waals surface area contributed by atoms with Gasteiger partial charge in [0.05, 0.1) is 13.2 Å². The summed E-state index contributed by atoms with van der Waals surface area (Å²) in [5.74, 6) is -0.550. The van der Waals surface area contributed by atoms with E-state index in [1.165, 1.54) is 0 Å². The van der Waals surface area contributed by atoms with Crippen molar-refractivity contribution >= 4 is 21.8 Å². The molecular weight excluding hydrogens is 340 g/mol. The van der Waals surface area contributed by atoms with Crippen molar-refractivity contribution in [3.63, 3.8) is 0 Å². The zero-order chi connectivity index (χ0) is 15.0. The van der Waals surface area contributed by atoms with Crippen molar-refractivity contribution in [1.82, 2.24) is 4.90 Å². The summed E-state index contributed by atoms with van der Waals surface area (Å²) in [6.07, 6.45) is 0.204. The number of halogens is 1. The molecule has 3 atom stereocenters. The first kappa shape index (κ1) is 14.5. The van der Waals surface area contributed by atoms with E-state index in [1.54, 1.807) is 4.90 Å². The van der Waals surface area contributed by atoms with Crippen LogP contribution in [0.25, 0.3) is 0 Å². The van der Waals surface area contributed by atoms with Gasteiger partial charge in [0.15, 0.2) is 0 Å². The van der Waals surface area contributed by atoms with E-state index in [2.05, 4.69) is 15.9 Å². The van der Waals surface area contributed by atoms with E-state index in [4.69, 9.17) is 4.74 Å². The van der Waals surface area contributed by atoms with E-state index < -0.39 is 12.0 Å². The minimum atomic E-state index is -0.688. The number of rotatable bonds is 3. The molecule has 0 spiro atoms. The second-order valence-corrected chi connectivity index (χ2v) is 6.31. The number of benzene rings is 1. The zero-order valence-electron chi connectivity index (χ0n) is 11.3. The summed E-state index contributed by atoms with van der Waals surface area (Å²) in [5, 5.41) is 10.7. The highest BCUT2D eigenvalue weighted by Gasteiger charge is 2.54. The molecule has 0 bridgehead atoms. The van der Waals surface area contributed by atoms with E-state index in [1.807, 2.05) is 24.3 Å². The number of carbonyl (C=O) groups is 1. The van der Waals surface area contributed by atoms with E-state index >= 15 is 0 Å². The SMILES string of the molecule is O=C([C@@H]1C[C@@H]1[N+](=O)[O-])N1CCO[C@H](c2ccc(Br)cc2)C1. The Labute approximate surface area is 130 Å². The van der Waals surface area contributed by atoms with Crippen LogP contribution in [-0.4, -0.2) is 41.5 Å². The quantitative estimate of drug-likeness (QED) is 0.614. The third-order valence-electron chi connectivity index (χ3n) is 3.96. The van der Waals surface area contributed by atoms with E-state index in [0.29, 0.717) is 26.1 Å². The largest absolute Gasteiger partial charge is 0.370 e. The van der Waals surface area contributed by atoms with E-state index in [9.17, 15) is 14.9 Å². The average molecular weight is 355 g/mol. The van der Waals surface area contributed by atoms with Crippen molar-refractivity contribution in [3.05, 3.63) is 44.4 Å². The number of carbonyl (C=O) groups excluding carboxylic acids is 1. The summed E-state index contributed by atoms with van der Waals surface area (Å²) in [6, 6.07) is 7.09. The highest BCUT2D eigenvalue weighted by Crippen LogP contribution is 2.36. The maximum absolute atomic E-state index is 12.3. The van der Waals surface area contributed by atoms with Gasteiger partial charge in [0.25, 0.3) is 0 Å². The van der Waals surface area contributed by atoms with Gasteiger partial charge in [-0.3, -0.25) is 14.9 Å². The van der Waals surface area contributed by atoms with Crippen molar-refractivity contribution in [3.8, 4) is 0 Å². The van der Waals surface area contributed by atoms with Crippen molar-refractivity contribution < 1.29 is 14.5 Å².